The molecule has 2 amide bonds. The summed E-state index contributed by atoms with van der Waals surface area (Å²) in [7, 11) is 0. The van der Waals surface area contributed by atoms with Gasteiger partial charge in [-0.25, -0.2) is 4.98 Å². The van der Waals surface area contributed by atoms with Crippen molar-refractivity contribution in [2.75, 3.05) is 18.4 Å². The van der Waals surface area contributed by atoms with E-state index in [9.17, 15) is 9.59 Å². The third-order valence-electron chi connectivity index (χ3n) is 5.31. The Morgan fingerprint density at radius 2 is 2.10 bits per heavy atom. The molecule has 8 heteroatoms. The largest absolute Gasteiger partial charge is 0.339 e. The van der Waals surface area contributed by atoms with Crippen LogP contribution in [0.4, 0.5) is 5.82 Å². The molecule has 0 saturated carbocycles. The SMILES string of the molecule is CC1(C)Cc2cc(C=CC(=O)N3CCC(=Cc4nncs4)CC3)cnc2NC1=O. The van der Waals surface area contributed by atoms with E-state index in [1.165, 1.54) is 16.9 Å². The number of nitrogens with one attached hydrogen (secondary N) is 1. The third-order valence-corrected chi connectivity index (χ3v) is 5.95. The number of hydrogen-bond donors (Lipinski definition) is 1. The van der Waals surface area contributed by atoms with E-state index in [4.69, 9.17) is 0 Å². The zero-order valence-corrected chi connectivity index (χ0v) is 17.3. The molecule has 0 aromatic carbocycles. The molecule has 2 aromatic rings. The van der Waals surface area contributed by atoms with E-state index >= 15 is 0 Å². The van der Waals surface area contributed by atoms with Crippen molar-refractivity contribution in [1.29, 1.82) is 0 Å². The highest BCUT2D eigenvalue weighted by atomic mass is 32.1. The number of fused-ring (bicyclic) bond motifs is 1. The lowest BCUT2D eigenvalue weighted by molar-refractivity contribution is -0.126. The van der Waals surface area contributed by atoms with Gasteiger partial charge in [0.15, 0.2) is 0 Å². The molecule has 0 spiro atoms. The summed E-state index contributed by atoms with van der Waals surface area (Å²) in [5.41, 5.74) is 4.42. The molecule has 29 heavy (non-hydrogen) atoms. The summed E-state index contributed by atoms with van der Waals surface area (Å²) in [4.78, 5) is 30.8. The summed E-state index contributed by atoms with van der Waals surface area (Å²) in [6, 6.07) is 1.99. The van der Waals surface area contributed by atoms with Gasteiger partial charge in [0, 0.05) is 30.8 Å². The minimum absolute atomic E-state index is 0.00585. The Bertz CT molecular complexity index is 985. The van der Waals surface area contributed by atoms with Gasteiger partial charge in [0.1, 0.15) is 16.3 Å². The van der Waals surface area contributed by atoms with Gasteiger partial charge in [-0.05, 0) is 48.6 Å². The average Bonchev–Trinajstić information content (AvgIpc) is 3.20. The fourth-order valence-electron chi connectivity index (χ4n) is 3.55. The monoisotopic (exact) mass is 409 g/mol. The van der Waals surface area contributed by atoms with Crippen LogP contribution in [0.15, 0.2) is 29.4 Å². The molecule has 2 aliphatic heterocycles. The number of hydrogen-bond acceptors (Lipinski definition) is 6. The number of amides is 2. The maximum absolute atomic E-state index is 12.6. The second-order valence-corrected chi connectivity index (χ2v) is 8.89. The summed E-state index contributed by atoms with van der Waals surface area (Å²) in [6.07, 6.45) is 9.51. The number of carbonyl (C=O) groups is 2. The summed E-state index contributed by atoms with van der Waals surface area (Å²) in [6.45, 7) is 5.25. The van der Waals surface area contributed by atoms with E-state index in [1.807, 2.05) is 24.8 Å². The van der Waals surface area contributed by atoms with E-state index < -0.39 is 5.41 Å². The first-order valence-corrected chi connectivity index (χ1v) is 10.5. The highest BCUT2D eigenvalue weighted by Crippen LogP contribution is 2.32. The maximum atomic E-state index is 12.6. The van der Waals surface area contributed by atoms with Gasteiger partial charge in [-0.15, -0.1) is 21.5 Å². The number of anilines is 1. The molecule has 2 aliphatic rings. The molecule has 0 bridgehead atoms. The second kappa shape index (κ2) is 7.87. The Hall–Kier alpha value is -2.87. The first-order chi connectivity index (χ1) is 13.9. The molecule has 4 heterocycles. The molecule has 0 aliphatic carbocycles. The number of piperidine rings is 1. The molecule has 0 atom stereocenters. The number of aromatic nitrogens is 3. The van der Waals surface area contributed by atoms with Gasteiger partial charge < -0.3 is 10.2 Å². The lowest BCUT2D eigenvalue weighted by Crippen LogP contribution is -2.37. The Balaban J connectivity index is 1.37. The van der Waals surface area contributed by atoms with Gasteiger partial charge in [0.05, 0.1) is 0 Å². The maximum Gasteiger partial charge on any atom is 0.246 e. The molecule has 0 unspecified atom stereocenters. The Morgan fingerprint density at radius 3 is 2.83 bits per heavy atom. The van der Waals surface area contributed by atoms with Crippen molar-refractivity contribution in [3.05, 3.63) is 45.6 Å². The standard InChI is InChI=1S/C21H23N5O2S/c1-21(2)11-16-9-15(12-22-19(16)24-20(21)28)3-4-18(27)26-7-5-14(6-8-26)10-17-25-23-13-29-17/h3-4,9-10,12-13H,5-8,11H2,1-2H3,(H,22,24,28). The summed E-state index contributed by atoms with van der Waals surface area (Å²) < 4.78 is 0. The minimum atomic E-state index is -0.458. The molecule has 1 saturated heterocycles. The van der Waals surface area contributed by atoms with Crippen molar-refractivity contribution >= 4 is 41.1 Å². The molecular formula is C21H23N5O2S. The molecule has 0 radical (unpaired) electrons. The predicted octanol–water partition coefficient (Wildman–Crippen LogP) is 3.17. The highest BCUT2D eigenvalue weighted by molar-refractivity contribution is 7.10. The van der Waals surface area contributed by atoms with Crippen molar-refractivity contribution in [3.8, 4) is 0 Å². The summed E-state index contributed by atoms with van der Waals surface area (Å²) >= 11 is 1.52. The van der Waals surface area contributed by atoms with Crippen molar-refractivity contribution in [3.63, 3.8) is 0 Å². The predicted molar refractivity (Wildman–Crippen MR) is 113 cm³/mol. The van der Waals surface area contributed by atoms with Gasteiger partial charge >= 0.3 is 0 Å². The van der Waals surface area contributed by atoms with Crippen LogP contribution in [0.2, 0.25) is 0 Å². The van der Waals surface area contributed by atoms with Crippen LogP contribution >= 0.6 is 11.3 Å². The molecule has 1 N–H and O–H groups in total. The normalized spacial score (nSPS) is 18.5. The Labute approximate surface area is 173 Å². The van der Waals surface area contributed by atoms with Crippen LogP contribution in [0.5, 0.6) is 0 Å². The van der Waals surface area contributed by atoms with Crippen molar-refractivity contribution in [1.82, 2.24) is 20.1 Å². The van der Waals surface area contributed by atoms with E-state index in [2.05, 4.69) is 26.6 Å². The van der Waals surface area contributed by atoms with Crippen LogP contribution in [0, 0.1) is 5.41 Å². The second-order valence-electron chi connectivity index (χ2n) is 8.03. The smallest absolute Gasteiger partial charge is 0.246 e. The van der Waals surface area contributed by atoms with Crippen LogP contribution in [0.25, 0.3) is 12.2 Å². The van der Waals surface area contributed by atoms with Gasteiger partial charge in [-0.2, -0.15) is 0 Å². The summed E-state index contributed by atoms with van der Waals surface area (Å²) in [5, 5.41) is 11.7. The molecular weight excluding hydrogens is 386 g/mol. The number of rotatable bonds is 3. The third kappa shape index (κ3) is 4.42. The Morgan fingerprint density at radius 1 is 1.31 bits per heavy atom. The van der Waals surface area contributed by atoms with E-state index in [0.717, 1.165) is 29.0 Å². The lowest BCUT2D eigenvalue weighted by atomic mass is 9.82. The number of carbonyl (C=O) groups excluding carboxylic acids is 2. The first kappa shape index (κ1) is 19.4. The van der Waals surface area contributed by atoms with Crippen LogP contribution in [0.3, 0.4) is 0 Å². The van der Waals surface area contributed by atoms with E-state index in [-0.39, 0.29) is 11.8 Å². The van der Waals surface area contributed by atoms with Crippen molar-refractivity contribution < 1.29 is 9.59 Å². The van der Waals surface area contributed by atoms with E-state index in [0.29, 0.717) is 25.3 Å². The van der Waals surface area contributed by atoms with Crippen molar-refractivity contribution in [2.45, 2.75) is 33.1 Å². The van der Waals surface area contributed by atoms with E-state index in [1.54, 1.807) is 23.9 Å². The minimum Gasteiger partial charge on any atom is -0.339 e. The highest BCUT2D eigenvalue weighted by Gasteiger charge is 2.34. The summed E-state index contributed by atoms with van der Waals surface area (Å²) in [5.74, 6) is 0.607. The molecule has 1 fully saturated rings. The topological polar surface area (TPSA) is 88.1 Å². The number of pyridine rings is 1. The van der Waals surface area contributed by atoms with Gasteiger partial charge in [0.2, 0.25) is 11.8 Å². The fraction of sp³-hybridized carbons (Fsp3) is 0.381. The zero-order valence-electron chi connectivity index (χ0n) is 16.5. The molecule has 150 valence electrons. The molecule has 2 aromatic heterocycles. The number of likely N-dealkylation sites (tertiary alicyclic amines) is 1. The van der Waals surface area contributed by atoms with Gasteiger partial charge in [-0.1, -0.05) is 19.4 Å². The van der Waals surface area contributed by atoms with Gasteiger partial charge in [0.25, 0.3) is 0 Å². The molecule has 4 rings (SSSR count). The average molecular weight is 410 g/mol. The molecule has 7 nitrogen and oxygen atoms in total. The quantitative estimate of drug-likeness (QED) is 0.787. The van der Waals surface area contributed by atoms with Crippen LogP contribution in [0.1, 0.15) is 42.8 Å². The van der Waals surface area contributed by atoms with Crippen molar-refractivity contribution in [2.24, 2.45) is 5.41 Å². The van der Waals surface area contributed by atoms with Crippen LogP contribution in [-0.2, 0) is 16.0 Å². The number of nitrogens with zero attached hydrogens (tertiary/aromatic N) is 4. The Kier molecular flexibility index (Phi) is 5.27. The van der Waals surface area contributed by atoms with Gasteiger partial charge in [-0.3, -0.25) is 9.59 Å². The zero-order chi connectivity index (χ0) is 20.4. The van der Waals surface area contributed by atoms with Crippen LogP contribution in [-0.4, -0.2) is 45.0 Å². The first-order valence-electron chi connectivity index (χ1n) is 9.64. The van der Waals surface area contributed by atoms with Crippen LogP contribution < -0.4 is 5.32 Å². The fourth-order valence-corrected chi connectivity index (χ4v) is 4.08. The lowest BCUT2D eigenvalue weighted by Gasteiger charge is -2.29.